The van der Waals surface area contributed by atoms with E-state index in [2.05, 4.69) is 13.1 Å². The summed E-state index contributed by atoms with van der Waals surface area (Å²) in [6.45, 7) is 5.47. The third-order valence-electron chi connectivity index (χ3n) is 7.28. The van der Waals surface area contributed by atoms with Crippen LogP contribution in [0.2, 0.25) is 36.3 Å². The molecule has 2 unspecified atom stereocenters. The first kappa shape index (κ1) is 35.5. The Bertz CT molecular complexity index is 450. The molecule has 35 heavy (non-hydrogen) atoms. The molecule has 0 aliphatic rings. The van der Waals surface area contributed by atoms with E-state index in [1.165, 1.54) is 0 Å². The summed E-state index contributed by atoms with van der Waals surface area (Å²) in [4.78, 5) is 0. The summed E-state index contributed by atoms with van der Waals surface area (Å²) in [5.74, 6) is -0.0356. The Balaban J connectivity index is 5.02. The van der Waals surface area contributed by atoms with E-state index in [9.17, 15) is 0 Å². The molecule has 13 heteroatoms. The van der Waals surface area contributed by atoms with Crippen molar-refractivity contribution in [3.63, 3.8) is 0 Å². The summed E-state index contributed by atoms with van der Waals surface area (Å²) in [5.41, 5.74) is 0.482. The molecule has 0 spiro atoms. The molecule has 0 bridgehead atoms. The molecule has 0 saturated carbocycles. The summed E-state index contributed by atoms with van der Waals surface area (Å²) < 4.78 is 51.4. The van der Waals surface area contributed by atoms with E-state index in [1.807, 2.05) is 0 Å². The van der Waals surface area contributed by atoms with E-state index in [1.54, 1.807) is 56.9 Å². The largest absolute Gasteiger partial charge is 0.398 e. The van der Waals surface area contributed by atoms with Crippen LogP contribution in [-0.4, -0.2) is 118 Å². The molecule has 0 aromatic rings. The van der Waals surface area contributed by atoms with Crippen molar-refractivity contribution in [3.8, 4) is 0 Å². The molecule has 0 aromatic heterocycles. The highest BCUT2D eigenvalue weighted by atomic mass is 28.4. The van der Waals surface area contributed by atoms with Crippen molar-refractivity contribution in [1.82, 2.24) is 0 Å². The zero-order chi connectivity index (χ0) is 26.7. The van der Waals surface area contributed by atoms with Gasteiger partial charge in [-0.1, -0.05) is 24.9 Å². The second-order valence-electron chi connectivity index (χ2n) is 9.15. The number of hydrogen-bond donors (Lipinski definition) is 0. The van der Waals surface area contributed by atoms with Crippen LogP contribution in [0.4, 0.5) is 0 Å². The van der Waals surface area contributed by atoms with Gasteiger partial charge in [-0.25, -0.2) is 0 Å². The first-order valence-corrected chi connectivity index (χ1v) is 21.1. The number of hydrogen-bond acceptors (Lipinski definition) is 9. The number of methoxy groups -OCH3 is 4. The van der Waals surface area contributed by atoms with Crippen molar-refractivity contribution in [1.29, 1.82) is 0 Å². The lowest BCUT2D eigenvalue weighted by Gasteiger charge is -2.34. The molecule has 0 aromatic carbocycles. The molecule has 0 radical (unpaired) electrons. The van der Waals surface area contributed by atoms with Crippen molar-refractivity contribution in [2.24, 2.45) is 0 Å². The van der Waals surface area contributed by atoms with E-state index >= 15 is 0 Å². The molecule has 0 N–H and O–H groups in total. The molecular weight excluding hydrogens is 521 g/mol. The van der Waals surface area contributed by atoms with Gasteiger partial charge >= 0.3 is 17.1 Å². The Morgan fingerprint density at radius 1 is 0.543 bits per heavy atom. The van der Waals surface area contributed by atoms with Crippen LogP contribution in [-0.2, 0) is 41.4 Å². The number of ether oxygens (including phenoxy) is 5. The molecule has 0 fully saturated rings. The minimum Gasteiger partial charge on any atom is -0.398 e. The van der Waals surface area contributed by atoms with Crippen molar-refractivity contribution < 1.29 is 41.4 Å². The van der Waals surface area contributed by atoms with Gasteiger partial charge in [0, 0.05) is 68.0 Å². The Labute approximate surface area is 221 Å². The minimum atomic E-state index is -2.35. The van der Waals surface area contributed by atoms with Crippen molar-refractivity contribution in [2.75, 3.05) is 70.1 Å². The molecule has 0 rings (SSSR count). The fourth-order valence-corrected chi connectivity index (χ4v) is 11.0. The van der Waals surface area contributed by atoms with Gasteiger partial charge in [0.25, 0.3) is 0 Å². The van der Waals surface area contributed by atoms with Crippen LogP contribution in [0.15, 0.2) is 0 Å². The SMILES string of the molecule is COC(OC)[SiH2]CCCC(COCC(CCC[SiH2]C(OC)OC)[Si](C)(OC)OC)[Si](C)(OC)OC. The minimum absolute atomic E-state index is 0.0178. The quantitative estimate of drug-likeness (QED) is 0.0980. The van der Waals surface area contributed by atoms with Crippen LogP contribution < -0.4 is 0 Å². The van der Waals surface area contributed by atoms with E-state index in [0.29, 0.717) is 13.2 Å². The van der Waals surface area contributed by atoms with Crippen molar-refractivity contribution in [2.45, 2.75) is 73.8 Å². The molecule has 0 aliphatic heterocycles. The van der Waals surface area contributed by atoms with E-state index in [4.69, 9.17) is 41.4 Å². The molecule has 0 aliphatic carbocycles. The van der Waals surface area contributed by atoms with Gasteiger partial charge in [0.2, 0.25) is 0 Å². The lowest BCUT2D eigenvalue weighted by atomic mass is 10.2. The highest BCUT2D eigenvalue weighted by Crippen LogP contribution is 2.33. The topological polar surface area (TPSA) is 83.1 Å². The maximum atomic E-state index is 6.37. The van der Waals surface area contributed by atoms with Gasteiger partial charge < -0.3 is 41.4 Å². The molecule has 2 atom stereocenters. The van der Waals surface area contributed by atoms with Crippen LogP contribution in [0.3, 0.4) is 0 Å². The maximum Gasteiger partial charge on any atom is 0.339 e. The lowest BCUT2D eigenvalue weighted by Crippen LogP contribution is -2.45. The summed E-state index contributed by atoms with van der Waals surface area (Å²) in [7, 11) is 8.25. The third kappa shape index (κ3) is 13.2. The van der Waals surface area contributed by atoms with Crippen LogP contribution in [0.25, 0.3) is 0 Å². The highest BCUT2D eigenvalue weighted by Gasteiger charge is 2.42. The van der Waals surface area contributed by atoms with Gasteiger partial charge in [-0.3, -0.25) is 0 Å². The predicted octanol–water partition coefficient (Wildman–Crippen LogP) is 2.36. The summed E-state index contributed by atoms with van der Waals surface area (Å²) in [5, 5.41) is 0. The van der Waals surface area contributed by atoms with Crippen molar-refractivity contribution in [3.05, 3.63) is 0 Å². The first-order valence-electron chi connectivity index (χ1n) is 12.6. The second kappa shape index (κ2) is 20.5. The Kier molecular flexibility index (Phi) is 20.8. The summed E-state index contributed by atoms with van der Waals surface area (Å²) in [6.07, 6.45) is 4.20. The van der Waals surface area contributed by atoms with Crippen LogP contribution in [0.1, 0.15) is 25.7 Å². The van der Waals surface area contributed by atoms with Crippen LogP contribution >= 0.6 is 0 Å². The maximum absolute atomic E-state index is 6.37. The second-order valence-corrected chi connectivity index (χ2v) is 20.4. The Morgan fingerprint density at radius 2 is 0.857 bits per heavy atom. The Morgan fingerprint density at radius 3 is 1.11 bits per heavy atom. The molecule has 9 nitrogen and oxygen atoms in total. The molecule has 0 heterocycles. The Hall–Kier alpha value is 0.508. The number of rotatable bonds is 24. The van der Waals surface area contributed by atoms with Gasteiger partial charge in [-0.15, -0.1) is 0 Å². The van der Waals surface area contributed by atoms with Gasteiger partial charge in [-0.2, -0.15) is 0 Å². The molecular formula is C22H54O9Si4. The smallest absolute Gasteiger partial charge is 0.339 e. The van der Waals surface area contributed by atoms with Crippen LogP contribution in [0.5, 0.6) is 0 Å². The van der Waals surface area contributed by atoms with E-state index in [0.717, 1.165) is 37.8 Å². The summed E-state index contributed by atoms with van der Waals surface area (Å²) >= 11 is 0. The predicted molar refractivity (Wildman–Crippen MR) is 150 cm³/mol. The fraction of sp³-hybridized carbons (Fsp3) is 1.00. The highest BCUT2D eigenvalue weighted by molar-refractivity contribution is 6.68. The van der Waals surface area contributed by atoms with Gasteiger partial charge in [-0.05, 0) is 25.9 Å². The monoisotopic (exact) mass is 574 g/mol. The lowest BCUT2D eigenvalue weighted by molar-refractivity contribution is -0.0442. The standard InChI is InChI=1S/C22H54O9Si4/c1-23-21(24-2)32-15-11-13-19(34(9,27-5)28-6)17-31-18-20(35(10,29-7)30-8)14-12-16-33-22(25-3)26-4/h19-22H,11-18,32-33H2,1-10H3. The van der Waals surface area contributed by atoms with Crippen molar-refractivity contribution >= 4 is 36.2 Å². The van der Waals surface area contributed by atoms with E-state index in [-0.39, 0.29) is 22.9 Å². The average Bonchev–Trinajstić information content (AvgIpc) is 2.89. The van der Waals surface area contributed by atoms with Gasteiger partial charge in [0.05, 0.1) is 32.3 Å². The normalized spacial score (nSPS) is 15.4. The molecule has 0 saturated heterocycles. The van der Waals surface area contributed by atoms with Gasteiger partial charge in [0.15, 0.2) is 0 Å². The zero-order valence-corrected chi connectivity index (χ0v) is 28.9. The average molecular weight is 575 g/mol. The summed E-state index contributed by atoms with van der Waals surface area (Å²) in [6, 6.07) is 2.30. The van der Waals surface area contributed by atoms with Gasteiger partial charge in [0.1, 0.15) is 11.8 Å². The third-order valence-corrected chi connectivity index (χ3v) is 18.5. The first-order chi connectivity index (χ1) is 16.7. The van der Waals surface area contributed by atoms with Crippen LogP contribution in [0, 0.1) is 0 Å². The molecule has 212 valence electrons. The molecule has 0 amide bonds. The van der Waals surface area contributed by atoms with E-state index < -0.39 is 36.2 Å². The fourth-order valence-electron chi connectivity index (χ4n) is 4.25. The zero-order valence-electron chi connectivity index (χ0n) is 24.1.